The van der Waals surface area contributed by atoms with Crippen LogP contribution in [0, 0.1) is 5.92 Å². The van der Waals surface area contributed by atoms with Crippen molar-refractivity contribution in [2.24, 2.45) is 5.92 Å². The number of halogens is 1. The number of hydrogen-bond acceptors (Lipinski definition) is 1. The Labute approximate surface area is 78.5 Å². The number of amides is 2. The fourth-order valence-electron chi connectivity index (χ4n) is 1.57. The van der Waals surface area contributed by atoms with E-state index in [9.17, 15) is 9.18 Å². The van der Waals surface area contributed by atoms with Gasteiger partial charge in [-0.15, -0.1) is 0 Å². The number of urea groups is 1. The Hall–Kier alpha value is -0.800. The first kappa shape index (κ1) is 10.3. The summed E-state index contributed by atoms with van der Waals surface area (Å²) < 4.78 is 13.1. The van der Waals surface area contributed by atoms with Crippen molar-refractivity contribution < 1.29 is 9.18 Å². The van der Waals surface area contributed by atoms with Gasteiger partial charge in [0.15, 0.2) is 0 Å². The summed E-state index contributed by atoms with van der Waals surface area (Å²) in [4.78, 5) is 14.7. The lowest BCUT2D eigenvalue weighted by Crippen LogP contribution is -2.47. The lowest BCUT2D eigenvalue weighted by Gasteiger charge is -2.34. The van der Waals surface area contributed by atoms with Gasteiger partial charge in [-0.1, -0.05) is 6.92 Å². The van der Waals surface area contributed by atoms with Gasteiger partial charge in [-0.25, -0.2) is 9.18 Å². The molecule has 76 valence electrons. The second-order valence-corrected chi connectivity index (χ2v) is 3.90. The van der Waals surface area contributed by atoms with E-state index < -0.39 is 6.17 Å². The Morgan fingerprint density at radius 1 is 1.54 bits per heavy atom. The fraction of sp³-hybridized carbons (Fsp3) is 0.889. The highest BCUT2D eigenvalue weighted by Crippen LogP contribution is 2.19. The van der Waals surface area contributed by atoms with Crippen LogP contribution in [0.15, 0.2) is 0 Å². The molecule has 4 heteroatoms. The predicted octanol–water partition coefficient (Wildman–Crippen LogP) is 1.35. The predicted molar refractivity (Wildman–Crippen MR) is 49.3 cm³/mol. The van der Waals surface area contributed by atoms with Crippen LogP contribution in [0.1, 0.15) is 13.3 Å². The minimum atomic E-state index is -0.744. The molecule has 0 aromatic rings. The molecule has 13 heavy (non-hydrogen) atoms. The van der Waals surface area contributed by atoms with Crippen molar-refractivity contribution in [1.29, 1.82) is 0 Å². The first-order valence-corrected chi connectivity index (χ1v) is 4.62. The monoisotopic (exact) mass is 188 g/mol. The lowest BCUT2D eigenvalue weighted by molar-refractivity contribution is 0.0990. The van der Waals surface area contributed by atoms with E-state index in [0.29, 0.717) is 19.5 Å². The first-order chi connectivity index (χ1) is 6.02. The average molecular weight is 188 g/mol. The number of nitrogens with zero attached hydrogens (tertiary/aromatic N) is 2. The zero-order valence-electron chi connectivity index (χ0n) is 8.46. The van der Waals surface area contributed by atoms with Crippen molar-refractivity contribution in [3.8, 4) is 0 Å². The molecule has 2 unspecified atom stereocenters. The molecule has 0 N–H and O–H groups in total. The summed E-state index contributed by atoms with van der Waals surface area (Å²) in [6, 6.07) is -0.0150. The standard InChI is InChI=1S/C9H17FN2O/c1-7-6-12(5-4-8(7)10)9(13)11(2)3/h7-8H,4-6H2,1-3H3. The van der Waals surface area contributed by atoms with Gasteiger partial charge in [-0.2, -0.15) is 0 Å². The summed E-state index contributed by atoms with van der Waals surface area (Å²) in [6.07, 6.45) is -0.271. The summed E-state index contributed by atoms with van der Waals surface area (Å²) >= 11 is 0. The molecular weight excluding hydrogens is 171 g/mol. The molecule has 2 atom stereocenters. The van der Waals surface area contributed by atoms with Gasteiger partial charge >= 0.3 is 6.03 Å². The number of carbonyl (C=O) groups is 1. The topological polar surface area (TPSA) is 23.6 Å². The summed E-state index contributed by atoms with van der Waals surface area (Å²) in [5.41, 5.74) is 0. The second kappa shape index (κ2) is 3.94. The Morgan fingerprint density at radius 2 is 2.15 bits per heavy atom. The molecule has 3 nitrogen and oxygen atoms in total. The molecule has 0 radical (unpaired) electrons. The van der Waals surface area contributed by atoms with Gasteiger partial charge in [0, 0.05) is 33.1 Å². The molecule has 0 aromatic heterocycles. The molecule has 1 aliphatic rings. The van der Waals surface area contributed by atoms with Crippen molar-refractivity contribution in [2.75, 3.05) is 27.2 Å². The van der Waals surface area contributed by atoms with Crippen LogP contribution in [-0.2, 0) is 0 Å². The molecule has 0 bridgehead atoms. The number of hydrogen-bond donors (Lipinski definition) is 0. The Bertz CT molecular complexity index is 196. The highest BCUT2D eigenvalue weighted by atomic mass is 19.1. The third kappa shape index (κ3) is 2.32. The Morgan fingerprint density at radius 3 is 2.62 bits per heavy atom. The van der Waals surface area contributed by atoms with Gasteiger partial charge in [0.05, 0.1) is 0 Å². The van der Waals surface area contributed by atoms with E-state index in [1.807, 2.05) is 6.92 Å². The van der Waals surface area contributed by atoms with E-state index in [1.165, 1.54) is 4.90 Å². The van der Waals surface area contributed by atoms with Crippen LogP contribution in [0.4, 0.5) is 9.18 Å². The molecule has 1 aliphatic heterocycles. The van der Waals surface area contributed by atoms with Crippen LogP contribution in [-0.4, -0.2) is 49.2 Å². The van der Waals surface area contributed by atoms with Crippen molar-refractivity contribution in [2.45, 2.75) is 19.5 Å². The summed E-state index contributed by atoms with van der Waals surface area (Å²) in [5.74, 6) is -0.0300. The summed E-state index contributed by atoms with van der Waals surface area (Å²) in [5, 5.41) is 0. The normalized spacial score (nSPS) is 28.8. The number of carbonyl (C=O) groups excluding carboxylic acids is 1. The second-order valence-electron chi connectivity index (χ2n) is 3.90. The molecule has 2 amide bonds. The number of likely N-dealkylation sites (tertiary alicyclic amines) is 1. The smallest absolute Gasteiger partial charge is 0.319 e. The van der Waals surface area contributed by atoms with Crippen LogP contribution < -0.4 is 0 Å². The van der Waals surface area contributed by atoms with Crippen molar-refractivity contribution >= 4 is 6.03 Å². The van der Waals surface area contributed by atoms with Crippen LogP contribution >= 0.6 is 0 Å². The van der Waals surface area contributed by atoms with Crippen LogP contribution in [0.3, 0.4) is 0 Å². The molecule has 0 aromatic carbocycles. The van der Waals surface area contributed by atoms with Gasteiger partial charge in [-0.3, -0.25) is 0 Å². The fourth-order valence-corrected chi connectivity index (χ4v) is 1.57. The minimum Gasteiger partial charge on any atom is -0.331 e. The van der Waals surface area contributed by atoms with Gasteiger partial charge < -0.3 is 9.80 Å². The van der Waals surface area contributed by atoms with Gasteiger partial charge in [0.25, 0.3) is 0 Å². The summed E-state index contributed by atoms with van der Waals surface area (Å²) in [6.45, 7) is 2.93. The van der Waals surface area contributed by atoms with Crippen molar-refractivity contribution in [1.82, 2.24) is 9.80 Å². The Kier molecular flexibility index (Phi) is 3.12. The average Bonchev–Trinajstić information content (AvgIpc) is 2.08. The first-order valence-electron chi connectivity index (χ1n) is 4.62. The highest BCUT2D eigenvalue weighted by molar-refractivity contribution is 5.73. The number of rotatable bonds is 0. The van der Waals surface area contributed by atoms with Gasteiger partial charge in [0.2, 0.25) is 0 Å². The zero-order chi connectivity index (χ0) is 10.0. The van der Waals surface area contributed by atoms with Crippen LogP contribution in [0.25, 0.3) is 0 Å². The third-order valence-corrected chi connectivity index (χ3v) is 2.45. The van der Waals surface area contributed by atoms with E-state index in [0.717, 1.165) is 0 Å². The minimum absolute atomic E-state index is 0.0150. The maximum absolute atomic E-state index is 13.1. The molecular formula is C9H17FN2O. The van der Waals surface area contributed by atoms with Gasteiger partial charge in [-0.05, 0) is 6.42 Å². The molecule has 0 aliphatic carbocycles. The SMILES string of the molecule is CC1CN(C(=O)N(C)C)CCC1F. The third-order valence-electron chi connectivity index (χ3n) is 2.45. The summed E-state index contributed by atoms with van der Waals surface area (Å²) in [7, 11) is 3.43. The molecule has 1 saturated heterocycles. The molecule has 1 rings (SSSR count). The quantitative estimate of drug-likeness (QED) is 0.563. The Balaban J connectivity index is 2.50. The molecule has 0 spiro atoms. The van der Waals surface area contributed by atoms with E-state index >= 15 is 0 Å². The molecule has 0 saturated carbocycles. The number of alkyl halides is 1. The van der Waals surface area contributed by atoms with E-state index in [-0.39, 0.29) is 11.9 Å². The molecule has 1 heterocycles. The van der Waals surface area contributed by atoms with E-state index in [4.69, 9.17) is 0 Å². The van der Waals surface area contributed by atoms with Gasteiger partial charge in [0.1, 0.15) is 6.17 Å². The molecule has 1 fully saturated rings. The maximum Gasteiger partial charge on any atom is 0.319 e. The van der Waals surface area contributed by atoms with Crippen LogP contribution in [0.5, 0.6) is 0 Å². The lowest BCUT2D eigenvalue weighted by atomic mass is 9.98. The van der Waals surface area contributed by atoms with Crippen molar-refractivity contribution in [3.63, 3.8) is 0 Å². The number of piperidine rings is 1. The highest BCUT2D eigenvalue weighted by Gasteiger charge is 2.28. The maximum atomic E-state index is 13.1. The zero-order valence-corrected chi connectivity index (χ0v) is 8.46. The van der Waals surface area contributed by atoms with Crippen LogP contribution in [0.2, 0.25) is 0 Å². The van der Waals surface area contributed by atoms with E-state index in [2.05, 4.69) is 0 Å². The largest absolute Gasteiger partial charge is 0.331 e. The van der Waals surface area contributed by atoms with Crippen molar-refractivity contribution in [3.05, 3.63) is 0 Å². The van der Waals surface area contributed by atoms with E-state index in [1.54, 1.807) is 19.0 Å².